The van der Waals surface area contributed by atoms with Crippen LogP contribution < -0.4 is 5.32 Å². The van der Waals surface area contributed by atoms with E-state index < -0.39 is 0 Å². The van der Waals surface area contributed by atoms with E-state index in [4.69, 9.17) is 0 Å². The Morgan fingerprint density at radius 2 is 2.00 bits per heavy atom. The standard InChI is InChI=1S/C13H17N3.ClH/c1-2-14-10-13-15-8-9-16(13)11-12-6-4-3-5-7-12;/h3-9,14H,2,10-11H2,1H3;1H. The van der Waals surface area contributed by atoms with Crippen molar-refractivity contribution >= 4 is 12.4 Å². The molecular formula is C13H18ClN3. The highest BCUT2D eigenvalue weighted by molar-refractivity contribution is 5.85. The highest BCUT2D eigenvalue weighted by atomic mass is 35.5. The van der Waals surface area contributed by atoms with Gasteiger partial charge in [0.2, 0.25) is 0 Å². The molecule has 92 valence electrons. The number of hydrogen-bond acceptors (Lipinski definition) is 2. The van der Waals surface area contributed by atoms with Gasteiger partial charge in [0.05, 0.1) is 6.54 Å². The third kappa shape index (κ3) is 3.88. The van der Waals surface area contributed by atoms with Crippen LogP contribution in [0, 0.1) is 0 Å². The molecule has 0 saturated heterocycles. The minimum Gasteiger partial charge on any atom is -0.329 e. The van der Waals surface area contributed by atoms with Gasteiger partial charge >= 0.3 is 0 Å². The molecule has 2 aromatic rings. The molecule has 1 N–H and O–H groups in total. The van der Waals surface area contributed by atoms with Crippen LogP contribution in [0.5, 0.6) is 0 Å². The Labute approximate surface area is 108 Å². The monoisotopic (exact) mass is 251 g/mol. The smallest absolute Gasteiger partial charge is 0.122 e. The van der Waals surface area contributed by atoms with Gasteiger partial charge in [0.25, 0.3) is 0 Å². The summed E-state index contributed by atoms with van der Waals surface area (Å²) in [5.74, 6) is 1.09. The van der Waals surface area contributed by atoms with Crippen LogP contribution in [0.2, 0.25) is 0 Å². The zero-order valence-electron chi connectivity index (χ0n) is 9.97. The SMILES string of the molecule is CCNCc1nccn1Cc1ccccc1.Cl. The zero-order valence-corrected chi connectivity index (χ0v) is 10.8. The lowest BCUT2D eigenvalue weighted by Gasteiger charge is -2.08. The number of nitrogens with zero attached hydrogens (tertiary/aromatic N) is 2. The topological polar surface area (TPSA) is 29.9 Å². The normalized spacial score (nSPS) is 9.94. The lowest BCUT2D eigenvalue weighted by atomic mass is 10.2. The molecule has 0 bridgehead atoms. The van der Waals surface area contributed by atoms with Gasteiger partial charge in [0.1, 0.15) is 5.82 Å². The van der Waals surface area contributed by atoms with Crippen LogP contribution in [0.4, 0.5) is 0 Å². The molecule has 0 aliphatic carbocycles. The van der Waals surface area contributed by atoms with Gasteiger partial charge in [0.15, 0.2) is 0 Å². The van der Waals surface area contributed by atoms with Crippen molar-refractivity contribution in [2.75, 3.05) is 6.54 Å². The Balaban J connectivity index is 0.00000144. The van der Waals surface area contributed by atoms with Crippen molar-refractivity contribution in [1.29, 1.82) is 0 Å². The van der Waals surface area contributed by atoms with Gasteiger partial charge in [-0.15, -0.1) is 12.4 Å². The number of halogens is 1. The summed E-state index contributed by atoms with van der Waals surface area (Å²) in [5.41, 5.74) is 1.30. The first-order chi connectivity index (χ1) is 7.90. The van der Waals surface area contributed by atoms with Crippen LogP contribution in [0.1, 0.15) is 18.3 Å². The van der Waals surface area contributed by atoms with Crippen LogP contribution in [0.15, 0.2) is 42.7 Å². The highest BCUT2D eigenvalue weighted by Gasteiger charge is 2.01. The molecule has 1 aromatic heterocycles. The third-order valence-corrected chi connectivity index (χ3v) is 2.53. The predicted molar refractivity (Wildman–Crippen MR) is 72.4 cm³/mol. The van der Waals surface area contributed by atoms with Crippen molar-refractivity contribution in [3.05, 3.63) is 54.1 Å². The van der Waals surface area contributed by atoms with E-state index in [9.17, 15) is 0 Å². The minimum absolute atomic E-state index is 0. The number of aromatic nitrogens is 2. The Kier molecular flexibility index (Phi) is 5.73. The van der Waals surface area contributed by atoms with Crippen LogP contribution in [0.25, 0.3) is 0 Å². The van der Waals surface area contributed by atoms with Gasteiger partial charge in [-0.2, -0.15) is 0 Å². The van der Waals surface area contributed by atoms with E-state index in [0.717, 1.165) is 25.5 Å². The zero-order chi connectivity index (χ0) is 11.2. The Bertz CT molecular complexity index is 425. The summed E-state index contributed by atoms with van der Waals surface area (Å²) >= 11 is 0. The quantitative estimate of drug-likeness (QED) is 0.885. The van der Waals surface area contributed by atoms with Crippen LogP contribution in [-0.4, -0.2) is 16.1 Å². The average Bonchev–Trinajstić information content (AvgIpc) is 2.75. The first-order valence-electron chi connectivity index (χ1n) is 5.65. The maximum atomic E-state index is 4.35. The van der Waals surface area contributed by atoms with E-state index in [0.29, 0.717) is 0 Å². The second-order valence-electron chi connectivity index (χ2n) is 3.74. The van der Waals surface area contributed by atoms with Gasteiger partial charge in [0, 0.05) is 18.9 Å². The van der Waals surface area contributed by atoms with Gasteiger partial charge < -0.3 is 9.88 Å². The fraction of sp³-hybridized carbons (Fsp3) is 0.308. The average molecular weight is 252 g/mol. The molecule has 0 aliphatic heterocycles. The Morgan fingerprint density at radius 3 is 2.71 bits per heavy atom. The van der Waals surface area contributed by atoms with Crippen molar-refractivity contribution in [3.8, 4) is 0 Å². The summed E-state index contributed by atoms with van der Waals surface area (Å²) in [4.78, 5) is 4.35. The number of rotatable bonds is 5. The van der Waals surface area contributed by atoms with Crippen molar-refractivity contribution in [2.24, 2.45) is 0 Å². The van der Waals surface area contributed by atoms with Crippen molar-refractivity contribution in [3.63, 3.8) is 0 Å². The van der Waals surface area contributed by atoms with Crippen molar-refractivity contribution < 1.29 is 0 Å². The molecule has 1 aromatic carbocycles. The fourth-order valence-corrected chi connectivity index (χ4v) is 1.67. The fourth-order valence-electron chi connectivity index (χ4n) is 1.67. The molecule has 0 atom stereocenters. The lowest BCUT2D eigenvalue weighted by molar-refractivity contribution is 0.639. The van der Waals surface area contributed by atoms with Crippen LogP contribution in [-0.2, 0) is 13.1 Å². The maximum Gasteiger partial charge on any atom is 0.122 e. The highest BCUT2D eigenvalue weighted by Crippen LogP contribution is 2.05. The van der Waals surface area contributed by atoms with Gasteiger partial charge in [-0.3, -0.25) is 0 Å². The molecule has 0 fully saturated rings. The van der Waals surface area contributed by atoms with Gasteiger partial charge in [-0.05, 0) is 12.1 Å². The molecule has 1 heterocycles. The molecule has 0 saturated carbocycles. The molecule has 4 heteroatoms. The van der Waals surface area contributed by atoms with E-state index in [1.54, 1.807) is 0 Å². The molecule has 17 heavy (non-hydrogen) atoms. The Hall–Kier alpha value is -1.32. The van der Waals surface area contributed by atoms with Gasteiger partial charge in [-0.25, -0.2) is 4.98 Å². The predicted octanol–water partition coefficient (Wildman–Crippen LogP) is 2.46. The molecule has 0 unspecified atom stereocenters. The second-order valence-corrected chi connectivity index (χ2v) is 3.74. The van der Waals surface area contributed by atoms with E-state index >= 15 is 0 Å². The van der Waals surface area contributed by atoms with Crippen molar-refractivity contribution in [2.45, 2.75) is 20.0 Å². The number of benzene rings is 1. The van der Waals surface area contributed by atoms with Crippen LogP contribution >= 0.6 is 12.4 Å². The first kappa shape index (κ1) is 13.7. The summed E-state index contributed by atoms with van der Waals surface area (Å²) in [6.45, 7) is 4.79. The Morgan fingerprint density at radius 1 is 1.24 bits per heavy atom. The molecule has 3 nitrogen and oxygen atoms in total. The summed E-state index contributed by atoms with van der Waals surface area (Å²) in [7, 11) is 0. The number of imidazole rings is 1. The van der Waals surface area contributed by atoms with E-state index in [1.165, 1.54) is 5.56 Å². The molecule has 0 spiro atoms. The maximum absolute atomic E-state index is 4.35. The van der Waals surface area contributed by atoms with E-state index in [1.807, 2.05) is 18.5 Å². The van der Waals surface area contributed by atoms with E-state index in [-0.39, 0.29) is 12.4 Å². The minimum atomic E-state index is 0. The molecule has 2 rings (SSSR count). The molecule has 0 radical (unpaired) electrons. The summed E-state index contributed by atoms with van der Waals surface area (Å²) in [5, 5.41) is 3.29. The largest absolute Gasteiger partial charge is 0.329 e. The second kappa shape index (κ2) is 7.09. The summed E-state index contributed by atoms with van der Waals surface area (Å²) < 4.78 is 2.18. The van der Waals surface area contributed by atoms with Gasteiger partial charge in [-0.1, -0.05) is 37.3 Å². The molecular weight excluding hydrogens is 234 g/mol. The summed E-state index contributed by atoms with van der Waals surface area (Å²) in [6, 6.07) is 10.4. The lowest BCUT2D eigenvalue weighted by Crippen LogP contribution is -2.16. The summed E-state index contributed by atoms with van der Waals surface area (Å²) in [6.07, 6.45) is 3.88. The molecule has 0 aliphatic rings. The first-order valence-corrected chi connectivity index (χ1v) is 5.65. The molecule has 0 amide bonds. The third-order valence-electron chi connectivity index (χ3n) is 2.53. The van der Waals surface area contributed by atoms with Crippen LogP contribution in [0.3, 0.4) is 0 Å². The number of nitrogens with one attached hydrogen (secondary N) is 1. The number of hydrogen-bond donors (Lipinski definition) is 1. The van der Waals surface area contributed by atoms with E-state index in [2.05, 4.69) is 46.1 Å². The van der Waals surface area contributed by atoms with Crippen molar-refractivity contribution in [1.82, 2.24) is 14.9 Å².